The highest BCUT2D eigenvalue weighted by Crippen LogP contribution is 2.32. The summed E-state index contributed by atoms with van der Waals surface area (Å²) in [6.45, 7) is 1.48. The van der Waals surface area contributed by atoms with Gasteiger partial charge in [-0.05, 0) is 23.8 Å². The van der Waals surface area contributed by atoms with Crippen molar-refractivity contribution in [1.29, 1.82) is 0 Å². The third-order valence-corrected chi connectivity index (χ3v) is 4.20. The van der Waals surface area contributed by atoms with Gasteiger partial charge in [0.05, 0.1) is 6.04 Å². The van der Waals surface area contributed by atoms with Crippen LogP contribution in [-0.2, 0) is 6.54 Å². The number of aromatic nitrogens is 1. The second kappa shape index (κ2) is 5.10. The first-order chi connectivity index (χ1) is 10.3. The largest absolute Gasteiger partial charge is 0.491 e. The minimum Gasteiger partial charge on any atom is -0.491 e. The SMILES string of the molecule is Clc1ccc2c(CNC3COc4ccccc43)c[nH]c2c1. The van der Waals surface area contributed by atoms with Gasteiger partial charge in [-0.25, -0.2) is 0 Å². The van der Waals surface area contributed by atoms with E-state index in [1.54, 1.807) is 0 Å². The van der Waals surface area contributed by atoms with Gasteiger partial charge in [-0.2, -0.15) is 0 Å². The summed E-state index contributed by atoms with van der Waals surface area (Å²) in [5, 5.41) is 5.53. The number of nitrogens with one attached hydrogen (secondary N) is 2. The molecule has 1 aliphatic rings. The fraction of sp³-hybridized carbons (Fsp3) is 0.176. The van der Waals surface area contributed by atoms with E-state index in [9.17, 15) is 0 Å². The molecule has 0 aliphatic carbocycles. The molecule has 2 N–H and O–H groups in total. The fourth-order valence-electron chi connectivity index (χ4n) is 2.87. The molecule has 3 aromatic rings. The van der Waals surface area contributed by atoms with Crippen LogP contribution < -0.4 is 10.1 Å². The normalized spacial score (nSPS) is 16.9. The highest BCUT2D eigenvalue weighted by atomic mass is 35.5. The summed E-state index contributed by atoms with van der Waals surface area (Å²) in [6.07, 6.45) is 2.04. The van der Waals surface area contributed by atoms with Gasteiger partial charge >= 0.3 is 0 Å². The van der Waals surface area contributed by atoms with Crippen molar-refractivity contribution in [2.75, 3.05) is 6.61 Å². The van der Waals surface area contributed by atoms with Crippen LogP contribution >= 0.6 is 11.6 Å². The Morgan fingerprint density at radius 2 is 2.14 bits per heavy atom. The maximum atomic E-state index is 6.01. The number of hydrogen-bond donors (Lipinski definition) is 2. The average molecular weight is 299 g/mol. The first-order valence-electron chi connectivity index (χ1n) is 7.02. The summed E-state index contributed by atoms with van der Waals surface area (Å²) in [7, 11) is 0. The quantitative estimate of drug-likeness (QED) is 0.765. The molecule has 1 aromatic heterocycles. The number of para-hydroxylation sites is 1. The van der Waals surface area contributed by atoms with E-state index in [-0.39, 0.29) is 6.04 Å². The lowest BCUT2D eigenvalue weighted by Crippen LogP contribution is -2.21. The third kappa shape index (κ3) is 2.28. The zero-order valence-corrected chi connectivity index (χ0v) is 12.2. The van der Waals surface area contributed by atoms with Crippen LogP contribution in [0, 0.1) is 0 Å². The van der Waals surface area contributed by atoms with Gasteiger partial charge in [-0.1, -0.05) is 35.9 Å². The second-order valence-corrected chi connectivity index (χ2v) is 5.72. The molecule has 21 heavy (non-hydrogen) atoms. The van der Waals surface area contributed by atoms with Crippen molar-refractivity contribution in [2.45, 2.75) is 12.6 Å². The van der Waals surface area contributed by atoms with Crippen LogP contribution in [0.3, 0.4) is 0 Å². The standard InChI is InChI=1S/C17H15ClN2O/c18-12-5-6-13-11(8-19-15(13)7-12)9-20-16-10-21-17-4-2-1-3-14(16)17/h1-8,16,19-20H,9-10H2. The molecular formula is C17H15ClN2O. The molecule has 0 radical (unpaired) electrons. The topological polar surface area (TPSA) is 37.0 Å². The predicted molar refractivity (Wildman–Crippen MR) is 84.8 cm³/mol. The zero-order chi connectivity index (χ0) is 14.2. The minimum absolute atomic E-state index is 0.249. The van der Waals surface area contributed by atoms with Gasteiger partial charge in [0, 0.05) is 34.2 Å². The number of ether oxygens (including phenoxy) is 1. The predicted octanol–water partition coefficient (Wildman–Crippen LogP) is 4.04. The molecule has 0 saturated heterocycles. The van der Waals surface area contributed by atoms with Crippen molar-refractivity contribution < 1.29 is 4.74 Å². The number of fused-ring (bicyclic) bond motifs is 2. The van der Waals surface area contributed by atoms with Crippen molar-refractivity contribution in [1.82, 2.24) is 10.3 Å². The van der Waals surface area contributed by atoms with Crippen molar-refractivity contribution in [3.8, 4) is 5.75 Å². The molecule has 2 heterocycles. The van der Waals surface area contributed by atoms with E-state index in [0.717, 1.165) is 22.8 Å². The smallest absolute Gasteiger partial charge is 0.124 e. The number of aromatic amines is 1. The highest BCUT2D eigenvalue weighted by Gasteiger charge is 2.23. The maximum Gasteiger partial charge on any atom is 0.124 e. The number of H-pyrrole nitrogens is 1. The number of hydrogen-bond acceptors (Lipinski definition) is 2. The second-order valence-electron chi connectivity index (χ2n) is 5.29. The van der Waals surface area contributed by atoms with E-state index in [4.69, 9.17) is 16.3 Å². The molecule has 1 aliphatic heterocycles. The van der Waals surface area contributed by atoms with Crippen LogP contribution in [0.4, 0.5) is 0 Å². The van der Waals surface area contributed by atoms with Crippen LogP contribution in [-0.4, -0.2) is 11.6 Å². The molecule has 0 spiro atoms. The molecule has 0 bridgehead atoms. The molecule has 1 atom stereocenters. The van der Waals surface area contributed by atoms with Gasteiger partial charge in [0.1, 0.15) is 12.4 Å². The van der Waals surface area contributed by atoms with Crippen LogP contribution in [0.15, 0.2) is 48.7 Å². The van der Waals surface area contributed by atoms with Gasteiger partial charge in [0.15, 0.2) is 0 Å². The summed E-state index contributed by atoms with van der Waals surface area (Å²) < 4.78 is 5.70. The molecule has 0 saturated carbocycles. The monoisotopic (exact) mass is 298 g/mol. The average Bonchev–Trinajstić information content (AvgIpc) is 3.08. The Morgan fingerprint density at radius 1 is 1.24 bits per heavy atom. The van der Waals surface area contributed by atoms with E-state index >= 15 is 0 Å². The van der Waals surface area contributed by atoms with E-state index < -0.39 is 0 Å². The molecule has 0 fully saturated rings. The summed E-state index contributed by atoms with van der Waals surface area (Å²) in [5.74, 6) is 0.987. The van der Waals surface area contributed by atoms with Crippen molar-refractivity contribution in [3.05, 3.63) is 64.8 Å². The van der Waals surface area contributed by atoms with E-state index in [2.05, 4.69) is 28.5 Å². The van der Waals surface area contributed by atoms with Gasteiger partial charge in [-0.15, -0.1) is 0 Å². The molecule has 106 valence electrons. The molecular weight excluding hydrogens is 284 g/mol. The van der Waals surface area contributed by atoms with Crippen LogP contribution in [0.2, 0.25) is 5.02 Å². The highest BCUT2D eigenvalue weighted by molar-refractivity contribution is 6.31. The van der Waals surface area contributed by atoms with Gasteiger partial charge in [0.2, 0.25) is 0 Å². The van der Waals surface area contributed by atoms with E-state index in [1.165, 1.54) is 16.5 Å². The lowest BCUT2D eigenvalue weighted by Gasteiger charge is -2.11. The van der Waals surface area contributed by atoms with Crippen LogP contribution in [0.5, 0.6) is 5.75 Å². The fourth-order valence-corrected chi connectivity index (χ4v) is 3.04. The molecule has 2 aromatic carbocycles. The molecule has 4 rings (SSSR count). The van der Waals surface area contributed by atoms with Crippen molar-refractivity contribution in [3.63, 3.8) is 0 Å². The van der Waals surface area contributed by atoms with Gasteiger partial charge in [0.25, 0.3) is 0 Å². The molecule has 4 heteroatoms. The lowest BCUT2D eigenvalue weighted by atomic mass is 10.1. The number of benzene rings is 2. The minimum atomic E-state index is 0.249. The van der Waals surface area contributed by atoms with Gasteiger partial charge < -0.3 is 15.0 Å². The first kappa shape index (κ1) is 12.7. The number of rotatable bonds is 3. The van der Waals surface area contributed by atoms with E-state index in [1.807, 2.05) is 30.5 Å². The maximum absolute atomic E-state index is 6.01. The van der Waals surface area contributed by atoms with Gasteiger partial charge in [-0.3, -0.25) is 0 Å². The first-order valence-corrected chi connectivity index (χ1v) is 7.40. The Morgan fingerprint density at radius 3 is 3.10 bits per heavy atom. The molecule has 3 nitrogen and oxygen atoms in total. The Hall–Kier alpha value is -1.97. The Balaban J connectivity index is 1.54. The zero-order valence-electron chi connectivity index (χ0n) is 11.4. The summed E-state index contributed by atoms with van der Waals surface area (Å²) >= 11 is 6.01. The van der Waals surface area contributed by atoms with Crippen LogP contribution in [0.25, 0.3) is 10.9 Å². The Kier molecular flexibility index (Phi) is 3.09. The summed E-state index contributed by atoms with van der Waals surface area (Å²) in [5.41, 5.74) is 3.55. The summed E-state index contributed by atoms with van der Waals surface area (Å²) in [4.78, 5) is 3.27. The van der Waals surface area contributed by atoms with Crippen LogP contribution in [0.1, 0.15) is 17.2 Å². The third-order valence-electron chi connectivity index (χ3n) is 3.97. The number of halogens is 1. The van der Waals surface area contributed by atoms with Crippen molar-refractivity contribution in [2.24, 2.45) is 0 Å². The molecule has 0 amide bonds. The van der Waals surface area contributed by atoms with E-state index in [0.29, 0.717) is 6.61 Å². The summed E-state index contributed by atoms with van der Waals surface area (Å²) in [6, 6.07) is 14.4. The lowest BCUT2D eigenvalue weighted by molar-refractivity contribution is 0.310. The molecule has 1 unspecified atom stereocenters. The Bertz CT molecular complexity index is 796. The van der Waals surface area contributed by atoms with Crippen molar-refractivity contribution >= 4 is 22.5 Å². The Labute approximate surface area is 127 Å².